The van der Waals surface area contributed by atoms with Gasteiger partial charge in [0.25, 0.3) is 0 Å². The number of aromatic nitrogens is 2. The molecule has 1 heterocycles. The number of aryl methyl sites for hydroxylation is 1. The fourth-order valence-corrected chi connectivity index (χ4v) is 2.48. The van der Waals surface area contributed by atoms with Crippen LogP contribution in [0.3, 0.4) is 0 Å². The summed E-state index contributed by atoms with van der Waals surface area (Å²) < 4.78 is 27.5. The van der Waals surface area contributed by atoms with E-state index in [0.717, 1.165) is 5.56 Å². The van der Waals surface area contributed by atoms with Gasteiger partial charge in [0.1, 0.15) is 23.1 Å². The molecule has 3 rings (SSSR count). The predicted octanol–water partition coefficient (Wildman–Crippen LogP) is 5.07. The molecule has 0 saturated heterocycles. The molecule has 0 spiro atoms. The van der Waals surface area contributed by atoms with E-state index in [4.69, 9.17) is 11.6 Å². The molecule has 4 nitrogen and oxygen atoms in total. The molecule has 0 atom stereocenters. The summed E-state index contributed by atoms with van der Waals surface area (Å²) in [5, 5.41) is 6.36. The molecule has 0 aliphatic carbocycles. The second-order valence-corrected chi connectivity index (χ2v) is 5.79. The maximum Gasteiger partial charge on any atom is 0.225 e. The van der Waals surface area contributed by atoms with Crippen molar-refractivity contribution in [3.8, 4) is 0 Å². The molecule has 0 aliphatic rings. The van der Waals surface area contributed by atoms with Crippen LogP contribution in [0.2, 0.25) is 5.02 Å². The van der Waals surface area contributed by atoms with Gasteiger partial charge in [0.05, 0.1) is 0 Å². The highest BCUT2D eigenvalue weighted by Gasteiger charge is 2.10. The molecule has 0 bridgehead atoms. The molecule has 128 valence electrons. The Kier molecular flexibility index (Phi) is 5.09. The number of para-hydroxylation sites is 1. The van der Waals surface area contributed by atoms with Gasteiger partial charge in [-0.25, -0.2) is 13.8 Å². The molecule has 0 radical (unpaired) electrons. The van der Waals surface area contributed by atoms with Crippen LogP contribution in [-0.2, 0) is 6.54 Å². The van der Waals surface area contributed by atoms with Crippen molar-refractivity contribution in [3.05, 3.63) is 76.4 Å². The van der Waals surface area contributed by atoms with Gasteiger partial charge in [-0.15, -0.1) is 0 Å². The molecule has 0 aliphatic heterocycles. The summed E-state index contributed by atoms with van der Waals surface area (Å²) in [4.78, 5) is 8.52. The third-order valence-electron chi connectivity index (χ3n) is 3.46. The minimum atomic E-state index is -0.693. The Balaban J connectivity index is 1.80. The highest BCUT2D eigenvalue weighted by molar-refractivity contribution is 6.31. The number of anilines is 3. The Morgan fingerprint density at radius 2 is 1.72 bits per heavy atom. The zero-order chi connectivity index (χ0) is 17.8. The van der Waals surface area contributed by atoms with Crippen molar-refractivity contribution in [2.75, 3.05) is 10.6 Å². The average Bonchev–Trinajstić information content (AvgIpc) is 2.57. The van der Waals surface area contributed by atoms with Crippen LogP contribution in [0.5, 0.6) is 0 Å². The molecule has 3 aromatic rings. The van der Waals surface area contributed by atoms with Gasteiger partial charge in [-0.1, -0.05) is 35.9 Å². The summed E-state index contributed by atoms with van der Waals surface area (Å²) in [5.41, 5.74) is 1.29. The molecule has 0 unspecified atom stereocenters. The van der Waals surface area contributed by atoms with Crippen molar-refractivity contribution in [3.63, 3.8) is 0 Å². The molecule has 2 N–H and O–H groups in total. The Bertz CT molecular complexity index is 882. The molecule has 1 aromatic heterocycles. The third-order valence-corrected chi connectivity index (χ3v) is 3.83. The van der Waals surface area contributed by atoms with Gasteiger partial charge in [0, 0.05) is 23.3 Å². The van der Waals surface area contributed by atoms with Gasteiger partial charge in [-0.2, -0.15) is 4.98 Å². The number of benzene rings is 2. The van der Waals surface area contributed by atoms with Crippen molar-refractivity contribution in [1.82, 2.24) is 9.97 Å². The fraction of sp³-hybridized carbons (Fsp3) is 0.111. The molecule has 2 aromatic carbocycles. The molecule has 0 amide bonds. The van der Waals surface area contributed by atoms with E-state index >= 15 is 0 Å². The summed E-state index contributed by atoms with van der Waals surface area (Å²) in [6, 6.07) is 12.7. The number of halogens is 3. The Labute approximate surface area is 148 Å². The van der Waals surface area contributed by atoms with E-state index in [0.29, 0.717) is 23.2 Å². The first-order valence-corrected chi connectivity index (χ1v) is 7.95. The second kappa shape index (κ2) is 7.44. The maximum atomic E-state index is 13.8. The van der Waals surface area contributed by atoms with Crippen LogP contribution in [0.25, 0.3) is 0 Å². The standard InChI is InChI=1S/C18H15ClF2N4/c1-11-9-16(24-17-14(20)7-4-8-15(17)21)25-18(23-11)22-10-12-5-2-3-6-13(12)19/h2-9H,10H2,1H3,(H2,22,23,24,25). The van der Waals surface area contributed by atoms with E-state index in [1.807, 2.05) is 18.2 Å². The highest BCUT2D eigenvalue weighted by Crippen LogP contribution is 2.23. The quantitative estimate of drug-likeness (QED) is 0.666. The minimum Gasteiger partial charge on any atom is -0.350 e. The van der Waals surface area contributed by atoms with E-state index in [1.54, 1.807) is 19.1 Å². The van der Waals surface area contributed by atoms with Crippen LogP contribution in [-0.4, -0.2) is 9.97 Å². The first-order valence-electron chi connectivity index (χ1n) is 7.57. The van der Waals surface area contributed by atoms with Crippen molar-refractivity contribution in [2.24, 2.45) is 0 Å². The summed E-state index contributed by atoms with van der Waals surface area (Å²) in [5.74, 6) is -0.763. The third kappa shape index (κ3) is 4.22. The molecular formula is C18H15ClF2N4. The van der Waals surface area contributed by atoms with E-state index in [9.17, 15) is 8.78 Å². The van der Waals surface area contributed by atoms with Crippen LogP contribution in [0.4, 0.5) is 26.2 Å². The summed E-state index contributed by atoms with van der Waals surface area (Å²) in [6.45, 7) is 2.20. The van der Waals surface area contributed by atoms with Gasteiger partial charge < -0.3 is 10.6 Å². The van der Waals surface area contributed by atoms with E-state index in [1.165, 1.54) is 18.2 Å². The molecule has 0 saturated carbocycles. The molecule has 25 heavy (non-hydrogen) atoms. The summed E-state index contributed by atoms with van der Waals surface area (Å²) in [7, 11) is 0. The number of hydrogen-bond acceptors (Lipinski definition) is 4. The van der Waals surface area contributed by atoms with Crippen LogP contribution >= 0.6 is 11.6 Å². The topological polar surface area (TPSA) is 49.8 Å². The van der Waals surface area contributed by atoms with E-state index in [-0.39, 0.29) is 11.5 Å². The Morgan fingerprint density at radius 1 is 1.00 bits per heavy atom. The van der Waals surface area contributed by atoms with Gasteiger partial charge in [-0.3, -0.25) is 0 Å². The number of hydrogen-bond donors (Lipinski definition) is 2. The van der Waals surface area contributed by atoms with Crippen molar-refractivity contribution in [1.29, 1.82) is 0 Å². The van der Waals surface area contributed by atoms with E-state index in [2.05, 4.69) is 20.6 Å². The Morgan fingerprint density at radius 3 is 2.44 bits per heavy atom. The monoisotopic (exact) mass is 360 g/mol. The van der Waals surface area contributed by atoms with Gasteiger partial charge in [0.15, 0.2) is 0 Å². The van der Waals surface area contributed by atoms with Crippen LogP contribution in [0, 0.1) is 18.6 Å². The van der Waals surface area contributed by atoms with Crippen LogP contribution < -0.4 is 10.6 Å². The minimum absolute atomic E-state index is 0.252. The lowest BCUT2D eigenvalue weighted by atomic mass is 10.2. The van der Waals surface area contributed by atoms with Gasteiger partial charge in [0.2, 0.25) is 5.95 Å². The molecular weight excluding hydrogens is 346 g/mol. The molecule has 7 heteroatoms. The summed E-state index contributed by atoms with van der Waals surface area (Å²) >= 11 is 6.12. The number of nitrogens with one attached hydrogen (secondary N) is 2. The Hall–Kier alpha value is -2.73. The number of rotatable bonds is 5. The van der Waals surface area contributed by atoms with Crippen molar-refractivity contribution in [2.45, 2.75) is 13.5 Å². The van der Waals surface area contributed by atoms with Gasteiger partial charge in [-0.05, 0) is 30.7 Å². The van der Waals surface area contributed by atoms with Crippen molar-refractivity contribution >= 4 is 29.1 Å². The molecule has 0 fully saturated rings. The summed E-state index contributed by atoms with van der Waals surface area (Å²) in [6.07, 6.45) is 0. The second-order valence-electron chi connectivity index (χ2n) is 5.38. The number of nitrogens with zero attached hydrogens (tertiary/aromatic N) is 2. The SMILES string of the molecule is Cc1cc(Nc2c(F)cccc2F)nc(NCc2ccccc2Cl)n1. The highest BCUT2D eigenvalue weighted by atomic mass is 35.5. The first kappa shape index (κ1) is 17.1. The zero-order valence-electron chi connectivity index (χ0n) is 13.4. The smallest absolute Gasteiger partial charge is 0.225 e. The van der Waals surface area contributed by atoms with Crippen molar-refractivity contribution < 1.29 is 8.78 Å². The van der Waals surface area contributed by atoms with E-state index < -0.39 is 11.6 Å². The largest absolute Gasteiger partial charge is 0.350 e. The average molecular weight is 361 g/mol. The lowest BCUT2D eigenvalue weighted by Gasteiger charge is -2.11. The predicted molar refractivity (Wildman–Crippen MR) is 95.2 cm³/mol. The van der Waals surface area contributed by atoms with Crippen LogP contribution in [0.15, 0.2) is 48.5 Å². The lowest BCUT2D eigenvalue weighted by Crippen LogP contribution is -2.07. The maximum absolute atomic E-state index is 13.8. The lowest BCUT2D eigenvalue weighted by molar-refractivity contribution is 0.590. The fourth-order valence-electron chi connectivity index (χ4n) is 2.27. The first-order chi connectivity index (χ1) is 12.0. The normalized spacial score (nSPS) is 10.6. The van der Waals surface area contributed by atoms with Gasteiger partial charge >= 0.3 is 0 Å². The zero-order valence-corrected chi connectivity index (χ0v) is 14.1. The van der Waals surface area contributed by atoms with Crippen LogP contribution in [0.1, 0.15) is 11.3 Å².